The molecule has 0 bridgehead atoms. The number of nitrogens with zero attached hydrogens (tertiary/aromatic N) is 1. The number of halogens is 1. The van der Waals surface area contributed by atoms with E-state index in [-0.39, 0.29) is 36.0 Å². The zero-order valence-corrected chi connectivity index (χ0v) is 20.2. The van der Waals surface area contributed by atoms with E-state index in [4.69, 9.17) is 4.74 Å². The summed E-state index contributed by atoms with van der Waals surface area (Å²) in [5.41, 5.74) is 0.653. The van der Waals surface area contributed by atoms with E-state index in [2.05, 4.69) is 40.0 Å². The van der Waals surface area contributed by atoms with Crippen LogP contribution in [-0.2, 0) is 9.53 Å². The number of rotatable bonds is 11. The van der Waals surface area contributed by atoms with Gasteiger partial charge in [0, 0.05) is 26.2 Å². The van der Waals surface area contributed by atoms with Gasteiger partial charge in [0.1, 0.15) is 0 Å². The molecule has 1 amide bonds. The van der Waals surface area contributed by atoms with Gasteiger partial charge in [0.25, 0.3) is 0 Å². The predicted molar refractivity (Wildman–Crippen MR) is 127 cm³/mol. The van der Waals surface area contributed by atoms with Crippen LogP contribution in [0.25, 0.3) is 0 Å². The largest absolute Gasteiger partial charge is 0.374 e. The molecule has 1 aromatic rings. The quantitative estimate of drug-likeness (QED) is 0.187. The summed E-state index contributed by atoms with van der Waals surface area (Å²) in [6.07, 6.45) is 0.965. The maximum atomic E-state index is 12.1. The number of ether oxygens (including phenoxy) is 1. The van der Waals surface area contributed by atoms with Crippen LogP contribution in [0, 0.1) is 5.41 Å². The molecule has 0 saturated carbocycles. The van der Waals surface area contributed by atoms with Crippen LogP contribution >= 0.6 is 24.0 Å². The van der Waals surface area contributed by atoms with E-state index in [1.807, 2.05) is 45.9 Å². The molecular formula is C21H37IN4O2. The standard InChI is InChI=1S/C21H36N4O2.HI/c1-6-22-19(26)21(4,5)16-25-20(23-7-2)24-14-11-15-27-17(3)18-12-9-8-10-13-18;/h8-10,12-13,17H,6-7,11,14-16H2,1-5H3,(H,22,26)(H2,23,24,25);1H. The summed E-state index contributed by atoms with van der Waals surface area (Å²) in [4.78, 5) is 16.6. The lowest BCUT2D eigenvalue weighted by atomic mass is 9.92. The van der Waals surface area contributed by atoms with Crippen molar-refractivity contribution in [3.05, 3.63) is 35.9 Å². The van der Waals surface area contributed by atoms with Gasteiger partial charge in [-0.05, 0) is 46.6 Å². The second-order valence-corrected chi connectivity index (χ2v) is 7.14. The molecule has 160 valence electrons. The van der Waals surface area contributed by atoms with Gasteiger partial charge in [-0.25, -0.2) is 0 Å². The minimum absolute atomic E-state index is 0. The summed E-state index contributed by atoms with van der Waals surface area (Å²) < 4.78 is 5.89. The van der Waals surface area contributed by atoms with Crippen LogP contribution in [0.15, 0.2) is 35.3 Å². The van der Waals surface area contributed by atoms with E-state index in [0.717, 1.165) is 25.5 Å². The first-order valence-electron chi connectivity index (χ1n) is 9.87. The van der Waals surface area contributed by atoms with Crippen molar-refractivity contribution in [1.29, 1.82) is 0 Å². The molecule has 1 aromatic carbocycles. The third kappa shape index (κ3) is 10.3. The fraction of sp³-hybridized carbons (Fsp3) is 0.619. The zero-order valence-electron chi connectivity index (χ0n) is 17.9. The maximum Gasteiger partial charge on any atom is 0.227 e. The molecule has 0 aromatic heterocycles. The molecule has 3 N–H and O–H groups in total. The van der Waals surface area contributed by atoms with Gasteiger partial charge >= 0.3 is 0 Å². The van der Waals surface area contributed by atoms with Crippen LogP contribution in [0.4, 0.5) is 0 Å². The second kappa shape index (κ2) is 14.6. The van der Waals surface area contributed by atoms with Crippen molar-refractivity contribution in [1.82, 2.24) is 16.0 Å². The number of hydrogen-bond donors (Lipinski definition) is 3. The molecule has 0 saturated heterocycles. The lowest BCUT2D eigenvalue weighted by molar-refractivity contribution is -0.128. The Morgan fingerprint density at radius 2 is 1.75 bits per heavy atom. The van der Waals surface area contributed by atoms with Crippen molar-refractivity contribution in [2.45, 2.75) is 47.1 Å². The number of hydrogen-bond acceptors (Lipinski definition) is 3. The first kappa shape index (κ1) is 26.6. The van der Waals surface area contributed by atoms with E-state index < -0.39 is 5.41 Å². The minimum Gasteiger partial charge on any atom is -0.374 e. The lowest BCUT2D eigenvalue weighted by Crippen LogP contribution is -2.42. The highest BCUT2D eigenvalue weighted by atomic mass is 127. The third-order valence-electron chi connectivity index (χ3n) is 4.18. The molecule has 1 unspecified atom stereocenters. The van der Waals surface area contributed by atoms with Crippen LogP contribution in [0.2, 0.25) is 0 Å². The number of carbonyl (C=O) groups is 1. The number of guanidine groups is 1. The van der Waals surface area contributed by atoms with Crippen LogP contribution in [0.1, 0.15) is 52.7 Å². The molecule has 0 aliphatic heterocycles. The fourth-order valence-corrected chi connectivity index (χ4v) is 2.45. The Labute approximate surface area is 187 Å². The molecule has 1 rings (SSSR count). The third-order valence-corrected chi connectivity index (χ3v) is 4.18. The summed E-state index contributed by atoms with van der Waals surface area (Å²) in [6.45, 7) is 13.1. The molecule has 0 radical (unpaired) electrons. The van der Waals surface area contributed by atoms with Gasteiger partial charge < -0.3 is 20.7 Å². The van der Waals surface area contributed by atoms with Gasteiger partial charge in [-0.2, -0.15) is 0 Å². The second-order valence-electron chi connectivity index (χ2n) is 7.14. The van der Waals surface area contributed by atoms with Gasteiger partial charge in [-0.1, -0.05) is 30.3 Å². The van der Waals surface area contributed by atoms with Gasteiger partial charge in [-0.3, -0.25) is 9.79 Å². The van der Waals surface area contributed by atoms with Gasteiger partial charge in [0.05, 0.1) is 18.1 Å². The Kier molecular flexibility index (Phi) is 13.9. The maximum absolute atomic E-state index is 12.1. The summed E-state index contributed by atoms with van der Waals surface area (Å²) in [6, 6.07) is 10.2. The van der Waals surface area contributed by atoms with E-state index >= 15 is 0 Å². The van der Waals surface area contributed by atoms with E-state index in [9.17, 15) is 4.79 Å². The molecule has 7 heteroatoms. The minimum atomic E-state index is -0.535. The van der Waals surface area contributed by atoms with Crippen molar-refractivity contribution < 1.29 is 9.53 Å². The average Bonchev–Trinajstić information content (AvgIpc) is 2.66. The van der Waals surface area contributed by atoms with Crippen LogP contribution in [0.3, 0.4) is 0 Å². The highest BCUT2D eigenvalue weighted by Gasteiger charge is 2.26. The smallest absolute Gasteiger partial charge is 0.227 e. The molecule has 0 fully saturated rings. The first-order valence-corrected chi connectivity index (χ1v) is 9.87. The number of aliphatic imine (C=N–C) groups is 1. The van der Waals surface area contributed by atoms with Crippen molar-refractivity contribution in [3.8, 4) is 0 Å². The molecule has 1 atom stereocenters. The van der Waals surface area contributed by atoms with Crippen molar-refractivity contribution in [2.75, 3.05) is 32.8 Å². The molecule has 0 spiro atoms. The van der Waals surface area contributed by atoms with Crippen LogP contribution < -0.4 is 16.0 Å². The molecule has 0 aliphatic rings. The fourth-order valence-electron chi connectivity index (χ4n) is 2.45. The van der Waals surface area contributed by atoms with E-state index in [1.165, 1.54) is 5.56 Å². The molecule has 0 aliphatic carbocycles. The first-order chi connectivity index (χ1) is 12.9. The van der Waals surface area contributed by atoms with E-state index in [0.29, 0.717) is 19.7 Å². The molecular weight excluding hydrogens is 467 g/mol. The number of benzene rings is 1. The van der Waals surface area contributed by atoms with Gasteiger partial charge in [0.2, 0.25) is 5.91 Å². The highest BCUT2D eigenvalue weighted by Crippen LogP contribution is 2.16. The molecule has 6 nitrogen and oxygen atoms in total. The Morgan fingerprint density at radius 3 is 2.36 bits per heavy atom. The average molecular weight is 504 g/mol. The van der Waals surface area contributed by atoms with Crippen molar-refractivity contribution >= 4 is 35.8 Å². The number of nitrogens with one attached hydrogen (secondary N) is 3. The number of carbonyl (C=O) groups excluding carboxylic acids is 1. The lowest BCUT2D eigenvalue weighted by Gasteiger charge is -2.22. The van der Waals surface area contributed by atoms with Crippen molar-refractivity contribution in [3.63, 3.8) is 0 Å². The Bertz CT molecular complexity index is 579. The van der Waals surface area contributed by atoms with E-state index in [1.54, 1.807) is 0 Å². The Balaban J connectivity index is 0.00000729. The summed E-state index contributed by atoms with van der Waals surface area (Å²) in [5.74, 6) is 0.749. The van der Waals surface area contributed by atoms with Gasteiger partial charge in [0.15, 0.2) is 5.96 Å². The molecule has 28 heavy (non-hydrogen) atoms. The molecule has 0 heterocycles. The van der Waals surface area contributed by atoms with Crippen LogP contribution in [-0.4, -0.2) is 44.7 Å². The zero-order chi connectivity index (χ0) is 20.1. The summed E-state index contributed by atoms with van der Waals surface area (Å²) in [7, 11) is 0. The van der Waals surface area contributed by atoms with Crippen LogP contribution in [0.5, 0.6) is 0 Å². The predicted octanol–water partition coefficient (Wildman–Crippen LogP) is 3.49. The van der Waals surface area contributed by atoms with Crippen molar-refractivity contribution in [2.24, 2.45) is 10.4 Å². The normalized spacial score (nSPS) is 12.7. The SMILES string of the molecule is CCNC(=O)C(C)(C)CN=C(NCC)NCCCOC(C)c1ccccc1.I. The Morgan fingerprint density at radius 1 is 1.11 bits per heavy atom. The summed E-state index contributed by atoms with van der Waals surface area (Å²) >= 11 is 0. The number of amides is 1. The Hall–Kier alpha value is -1.35. The highest BCUT2D eigenvalue weighted by molar-refractivity contribution is 14.0. The summed E-state index contributed by atoms with van der Waals surface area (Å²) in [5, 5.41) is 9.38. The monoisotopic (exact) mass is 504 g/mol. The topological polar surface area (TPSA) is 74.8 Å². The van der Waals surface area contributed by atoms with Gasteiger partial charge in [-0.15, -0.1) is 24.0 Å².